The van der Waals surface area contributed by atoms with Gasteiger partial charge in [0.1, 0.15) is 5.75 Å². The predicted octanol–water partition coefficient (Wildman–Crippen LogP) is 5.19. The molecule has 1 aliphatic carbocycles. The van der Waals surface area contributed by atoms with E-state index in [-0.39, 0.29) is 5.92 Å². The van der Waals surface area contributed by atoms with Crippen molar-refractivity contribution < 1.29 is 9.84 Å². The zero-order valence-corrected chi connectivity index (χ0v) is 20.3. The number of nitrogens with one attached hydrogen (secondary N) is 2. The van der Waals surface area contributed by atoms with Crippen LogP contribution in [0.15, 0.2) is 42.6 Å². The molecule has 3 atom stereocenters. The number of fused-ring (bicyclic) bond motifs is 1. The minimum atomic E-state index is -0.877. The summed E-state index contributed by atoms with van der Waals surface area (Å²) in [5.41, 5.74) is 2.13. The van der Waals surface area contributed by atoms with Crippen LogP contribution in [0.1, 0.15) is 30.4 Å². The minimum Gasteiger partial charge on any atom is -0.497 e. The average molecular weight is 476 g/mol. The highest BCUT2D eigenvalue weighted by Crippen LogP contribution is 2.43. The molecule has 0 amide bonds. The molecule has 172 valence electrons. The molecule has 0 aliphatic heterocycles. The van der Waals surface area contributed by atoms with Crippen LogP contribution in [0, 0.1) is 5.92 Å². The van der Waals surface area contributed by atoms with Crippen LogP contribution >= 0.6 is 23.2 Å². The average Bonchev–Trinajstić information content (AvgIpc) is 3.17. The van der Waals surface area contributed by atoms with Crippen LogP contribution in [0.25, 0.3) is 10.9 Å². The SMILES string of the molecule is COc1cccc(C2(O)CCC(NCc3c[nH]c4cc(Cl)cc(Cl)c34)CC2CN(C)C)c1. The number of hydrogen-bond acceptors (Lipinski definition) is 4. The molecule has 1 heterocycles. The highest BCUT2D eigenvalue weighted by molar-refractivity contribution is 6.38. The van der Waals surface area contributed by atoms with E-state index in [0.29, 0.717) is 29.1 Å². The van der Waals surface area contributed by atoms with Gasteiger partial charge in [-0.05, 0) is 68.8 Å². The number of nitrogens with zero attached hydrogens (tertiary/aromatic N) is 1. The van der Waals surface area contributed by atoms with Gasteiger partial charge >= 0.3 is 0 Å². The molecule has 4 rings (SSSR count). The van der Waals surface area contributed by atoms with E-state index in [4.69, 9.17) is 27.9 Å². The highest BCUT2D eigenvalue weighted by atomic mass is 35.5. The van der Waals surface area contributed by atoms with Crippen LogP contribution in [0.3, 0.4) is 0 Å². The quantitative estimate of drug-likeness (QED) is 0.439. The van der Waals surface area contributed by atoms with Crippen molar-refractivity contribution in [3.05, 3.63) is 63.8 Å². The van der Waals surface area contributed by atoms with E-state index in [0.717, 1.165) is 47.2 Å². The Bertz CT molecular complexity index is 1080. The Morgan fingerprint density at radius 1 is 1.25 bits per heavy atom. The largest absolute Gasteiger partial charge is 0.497 e. The fourth-order valence-electron chi connectivity index (χ4n) is 5.02. The van der Waals surface area contributed by atoms with Gasteiger partial charge < -0.3 is 25.0 Å². The second kappa shape index (κ2) is 9.62. The molecule has 1 fully saturated rings. The Balaban J connectivity index is 1.51. The van der Waals surface area contributed by atoms with Gasteiger partial charge in [-0.3, -0.25) is 0 Å². The van der Waals surface area contributed by atoms with E-state index in [1.54, 1.807) is 13.2 Å². The Morgan fingerprint density at radius 2 is 2.06 bits per heavy atom. The number of halogens is 2. The topological polar surface area (TPSA) is 60.5 Å². The minimum absolute atomic E-state index is 0.0984. The summed E-state index contributed by atoms with van der Waals surface area (Å²) >= 11 is 12.6. The molecule has 3 N–H and O–H groups in total. The van der Waals surface area contributed by atoms with E-state index in [1.807, 2.05) is 36.5 Å². The molecule has 2 aromatic carbocycles. The van der Waals surface area contributed by atoms with Gasteiger partial charge in [-0.15, -0.1) is 0 Å². The highest BCUT2D eigenvalue weighted by Gasteiger charge is 2.43. The number of ether oxygens (including phenoxy) is 1. The second-order valence-electron chi connectivity index (χ2n) is 9.09. The fraction of sp³-hybridized carbons (Fsp3) is 0.440. The number of methoxy groups -OCH3 is 1. The number of rotatable bonds is 7. The molecule has 32 heavy (non-hydrogen) atoms. The van der Waals surface area contributed by atoms with Gasteiger partial charge in [0.25, 0.3) is 0 Å². The molecule has 1 aromatic heterocycles. The van der Waals surface area contributed by atoms with Crippen molar-refractivity contribution in [1.29, 1.82) is 0 Å². The van der Waals surface area contributed by atoms with Crippen LogP contribution in [-0.2, 0) is 12.1 Å². The lowest BCUT2D eigenvalue weighted by Gasteiger charge is -2.45. The molecule has 7 heteroatoms. The summed E-state index contributed by atoms with van der Waals surface area (Å²) in [6, 6.07) is 11.8. The molecule has 1 saturated carbocycles. The van der Waals surface area contributed by atoms with Crippen molar-refractivity contribution in [3.8, 4) is 5.75 Å². The number of aliphatic hydroxyl groups is 1. The number of hydrogen-bond donors (Lipinski definition) is 3. The summed E-state index contributed by atoms with van der Waals surface area (Å²) in [6.07, 6.45) is 4.46. The first kappa shape index (κ1) is 23.4. The van der Waals surface area contributed by atoms with Crippen molar-refractivity contribution in [1.82, 2.24) is 15.2 Å². The zero-order chi connectivity index (χ0) is 22.9. The van der Waals surface area contributed by atoms with Crippen molar-refractivity contribution >= 4 is 34.1 Å². The van der Waals surface area contributed by atoms with Gasteiger partial charge in [0.2, 0.25) is 0 Å². The van der Waals surface area contributed by atoms with E-state index in [1.165, 1.54) is 0 Å². The number of aromatic amines is 1. The van der Waals surface area contributed by atoms with Crippen LogP contribution < -0.4 is 10.1 Å². The molecule has 0 radical (unpaired) electrons. The maximum atomic E-state index is 11.8. The van der Waals surface area contributed by atoms with E-state index in [9.17, 15) is 5.11 Å². The summed E-state index contributed by atoms with van der Waals surface area (Å²) in [4.78, 5) is 5.42. The van der Waals surface area contributed by atoms with Gasteiger partial charge in [0.05, 0.1) is 17.7 Å². The normalized spacial score (nSPS) is 23.7. The van der Waals surface area contributed by atoms with E-state index >= 15 is 0 Å². The summed E-state index contributed by atoms with van der Waals surface area (Å²) in [5.74, 6) is 0.873. The first-order chi connectivity index (χ1) is 15.3. The lowest BCUT2D eigenvalue weighted by atomic mass is 9.69. The lowest BCUT2D eigenvalue weighted by molar-refractivity contribution is -0.0694. The molecular formula is C25H31Cl2N3O2. The molecule has 0 spiro atoms. The monoisotopic (exact) mass is 475 g/mol. The van der Waals surface area contributed by atoms with Crippen molar-refractivity contribution in [3.63, 3.8) is 0 Å². The summed E-state index contributed by atoms with van der Waals surface area (Å²) < 4.78 is 5.40. The third-order valence-corrected chi connectivity index (χ3v) is 7.15. The summed E-state index contributed by atoms with van der Waals surface area (Å²) in [7, 11) is 5.77. The third kappa shape index (κ3) is 4.78. The van der Waals surface area contributed by atoms with Crippen molar-refractivity contribution in [2.75, 3.05) is 27.7 Å². The van der Waals surface area contributed by atoms with Crippen LogP contribution in [0.5, 0.6) is 5.75 Å². The molecular weight excluding hydrogens is 445 g/mol. The van der Waals surface area contributed by atoms with E-state index < -0.39 is 5.60 Å². The molecule has 1 aliphatic rings. The summed E-state index contributed by atoms with van der Waals surface area (Å²) in [5, 5.41) is 17.8. The first-order valence-electron chi connectivity index (χ1n) is 11.0. The van der Waals surface area contributed by atoms with Gasteiger partial charge in [-0.1, -0.05) is 35.3 Å². The first-order valence-corrected chi connectivity index (χ1v) is 11.8. The molecule has 3 aromatic rings. The molecule has 3 unspecified atom stereocenters. The number of aromatic nitrogens is 1. The Morgan fingerprint density at radius 3 is 2.81 bits per heavy atom. The van der Waals surface area contributed by atoms with Crippen LogP contribution in [-0.4, -0.2) is 48.8 Å². The number of benzene rings is 2. The fourth-order valence-corrected chi connectivity index (χ4v) is 5.64. The van der Waals surface area contributed by atoms with Gasteiger partial charge in [-0.2, -0.15) is 0 Å². The van der Waals surface area contributed by atoms with Crippen LogP contribution in [0.2, 0.25) is 10.0 Å². The lowest BCUT2D eigenvalue weighted by Crippen LogP contribution is -2.49. The maximum absolute atomic E-state index is 11.8. The van der Waals surface area contributed by atoms with Gasteiger partial charge in [-0.25, -0.2) is 0 Å². The standard InChI is InChI=1S/C25H31Cl2N3O2/c1-30(2)15-18-9-20(7-8-25(18,31)17-5-4-6-21(10-17)32-3)28-13-16-14-29-23-12-19(26)11-22(27)24(16)23/h4-6,10-12,14,18,20,28-29,31H,7-9,13,15H2,1-3H3. The predicted molar refractivity (Wildman–Crippen MR) is 132 cm³/mol. The molecule has 5 nitrogen and oxygen atoms in total. The summed E-state index contributed by atoms with van der Waals surface area (Å²) in [6.45, 7) is 1.52. The zero-order valence-electron chi connectivity index (χ0n) is 18.8. The Labute approximate surface area is 199 Å². The van der Waals surface area contributed by atoms with E-state index in [2.05, 4.69) is 29.3 Å². The van der Waals surface area contributed by atoms with Gasteiger partial charge in [0, 0.05) is 47.2 Å². The smallest absolute Gasteiger partial charge is 0.119 e. The second-order valence-corrected chi connectivity index (χ2v) is 9.94. The Kier molecular flexibility index (Phi) is 7.03. The van der Waals surface area contributed by atoms with Crippen molar-refractivity contribution in [2.45, 2.75) is 37.5 Å². The van der Waals surface area contributed by atoms with Gasteiger partial charge in [0.15, 0.2) is 0 Å². The number of H-pyrrole nitrogens is 1. The third-order valence-electron chi connectivity index (χ3n) is 6.63. The Hall–Kier alpha value is -1.76. The van der Waals surface area contributed by atoms with Crippen LogP contribution in [0.4, 0.5) is 0 Å². The molecule has 0 bridgehead atoms. The van der Waals surface area contributed by atoms with Crippen molar-refractivity contribution in [2.24, 2.45) is 5.92 Å². The molecule has 0 saturated heterocycles. The maximum Gasteiger partial charge on any atom is 0.119 e.